The Bertz CT molecular complexity index is 806. The minimum absolute atomic E-state index is 0.0591. The molecule has 0 saturated carbocycles. The number of anilines is 2. The van der Waals surface area contributed by atoms with E-state index in [9.17, 15) is 4.79 Å². The van der Waals surface area contributed by atoms with Crippen molar-refractivity contribution in [1.29, 1.82) is 0 Å². The van der Waals surface area contributed by atoms with Gasteiger partial charge in [-0.25, -0.2) is 4.79 Å². The van der Waals surface area contributed by atoms with E-state index in [1.165, 1.54) is 5.56 Å². The van der Waals surface area contributed by atoms with Crippen molar-refractivity contribution in [1.82, 2.24) is 10.2 Å². The second-order valence-electron chi connectivity index (χ2n) is 8.75. The number of benzene rings is 1. The summed E-state index contributed by atoms with van der Waals surface area (Å²) in [6, 6.07) is 12.4. The maximum Gasteiger partial charge on any atom is 0.404 e. The first kappa shape index (κ1) is 20.9. The van der Waals surface area contributed by atoms with Crippen LogP contribution in [-0.2, 0) is 11.2 Å². The highest BCUT2D eigenvalue weighted by molar-refractivity contribution is 5.65. The summed E-state index contributed by atoms with van der Waals surface area (Å²) in [7, 11) is 0. The maximum absolute atomic E-state index is 11.3. The van der Waals surface area contributed by atoms with Crippen LogP contribution in [0, 0.1) is 5.41 Å². The van der Waals surface area contributed by atoms with Crippen molar-refractivity contribution in [3.8, 4) is 0 Å². The fraction of sp³-hybridized carbons (Fsp3) is 0.500. The molecule has 2 heterocycles. The number of nitrogens with zero attached hydrogens (tertiary/aromatic N) is 3. The fourth-order valence-electron chi connectivity index (χ4n) is 3.88. The quantitative estimate of drug-likeness (QED) is 0.741. The van der Waals surface area contributed by atoms with Gasteiger partial charge in [0.05, 0.1) is 17.9 Å². The summed E-state index contributed by atoms with van der Waals surface area (Å²) < 4.78 is 5.41. The van der Waals surface area contributed by atoms with Crippen LogP contribution in [0.25, 0.3) is 0 Å². The third-order valence-corrected chi connectivity index (χ3v) is 5.11. The lowest BCUT2D eigenvalue weighted by Gasteiger charge is -2.34. The minimum atomic E-state index is -0.716. The Balaban J connectivity index is 1.69. The highest BCUT2D eigenvalue weighted by atomic mass is 16.6. The Morgan fingerprint density at radius 2 is 2.07 bits per heavy atom. The van der Waals surface area contributed by atoms with Crippen LogP contribution in [0.1, 0.15) is 39.2 Å². The first-order valence-corrected chi connectivity index (χ1v) is 10.1. The third kappa shape index (κ3) is 6.07. The molecule has 0 radical (unpaired) electrons. The summed E-state index contributed by atoms with van der Waals surface area (Å²) in [5.74, 6) is 0.743. The first-order chi connectivity index (χ1) is 13.8. The smallest absolute Gasteiger partial charge is 0.404 e. The molecule has 0 bridgehead atoms. The molecule has 2 atom stereocenters. The van der Waals surface area contributed by atoms with E-state index in [4.69, 9.17) is 10.5 Å². The molecule has 1 amide bonds. The summed E-state index contributed by atoms with van der Waals surface area (Å²) in [6.07, 6.45) is 3.39. The molecule has 1 aliphatic heterocycles. The standard InChI is InChI=1S/C22H31N5O2/c1-22(2,3)14-18-19(29-21(23)28)10-12-27(18)17-13-20(26-25-15-17)24-11-9-16-7-5-4-6-8-16/h4-8,13,15,18-19H,9-12,14H2,1-3H3,(H2,23,28)(H,24,26)/t18-,19?/m1/s1. The lowest BCUT2D eigenvalue weighted by atomic mass is 9.86. The van der Waals surface area contributed by atoms with Gasteiger partial charge in [0.25, 0.3) is 0 Å². The van der Waals surface area contributed by atoms with Crippen LogP contribution in [0.3, 0.4) is 0 Å². The number of ether oxygens (including phenoxy) is 1. The van der Waals surface area contributed by atoms with Crippen molar-refractivity contribution in [2.45, 2.75) is 52.2 Å². The third-order valence-electron chi connectivity index (χ3n) is 5.11. The van der Waals surface area contributed by atoms with Gasteiger partial charge < -0.3 is 20.7 Å². The van der Waals surface area contributed by atoms with E-state index >= 15 is 0 Å². The normalized spacial score (nSPS) is 19.2. The van der Waals surface area contributed by atoms with E-state index in [2.05, 4.69) is 53.3 Å². The van der Waals surface area contributed by atoms with Gasteiger partial charge in [-0.05, 0) is 23.8 Å². The molecule has 1 saturated heterocycles. The molecule has 3 rings (SSSR count). The van der Waals surface area contributed by atoms with Crippen molar-refractivity contribution in [2.24, 2.45) is 11.1 Å². The van der Waals surface area contributed by atoms with Crippen LogP contribution in [-0.4, -0.2) is 41.5 Å². The van der Waals surface area contributed by atoms with Crippen molar-refractivity contribution < 1.29 is 9.53 Å². The molecule has 0 spiro atoms. The second kappa shape index (κ2) is 9.11. The number of amides is 1. The number of rotatable bonds is 7. The van der Waals surface area contributed by atoms with E-state index in [0.717, 1.165) is 43.9 Å². The number of hydrogen-bond donors (Lipinski definition) is 2. The van der Waals surface area contributed by atoms with Gasteiger partial charge in [0.15, 0.2) is 5.82 Å². The topological polar surface area (TPSA) is 93.4 Å². The van der Waals surface area contributed by atoms with Gasteiger partial charge in [-0.3, -0.25) is 0 Å². The molecule has 1 unspecified atom stereocenters. The average molecular weight is 398 g/mol. The predicted molar refractivity (Wildman–Crippen MR) is 115 cm³/mol. The Morgan fingerprint density at radius 1 is 1.31 bits per heavy atom. The summed E-state index contributed by atoms with van der Waals surface area (Å²) >= 11 is 0. The summed E-state index contributed by atoms with van der Waals surface area (Å²) in [5.41, 5.74) is 7.64. The monoisotopic (exact) mass is 397 g/mol. The van der Waals surface area contributed by atoms with Gasteiger partial charge >= 0.3 is 6.09 Å². The van der Waals surface area contributed by atoms with Gasteiger partial charge in [-0.2, -0.15) is 5.10 Å². The van der Waals surface area contributed by atoms with Gasteiger partial charge in [0, 0.05) is 25.6 Å². The number of nitrogens with two attached hydrogens (primary N) is 1. The highest BCUT2D eigenvalue weighted by Gasteiger charge is 2.39. The number of carbonyl (C=O) groups excluding carboxylic acids is 1. The van der Waals surface area contributed by atoms with Crippen LogP contribution >= 0.6 is 0 Å². The number of aromatic nitrogens is 2. The molecular weight excluding hydrogens is 366 g/mol. The van der Waals surface area contributed by atoms with E-state index in [-0.39, 0.29) is 17.6 Å². The minimum Gasteiger partial charge on any atom is -0.444 e. The molecule has 2 aromatic rings. The second-order valence-corrected chi connectivity index (χ2v) is 8.75. The van der Waals surface area contributed by atoms with Crippen molar-refractivity contribution in [3.05, 3.63) is 48.2 Å². The molecule has 29 heavy (non-hydrogen) atoms. The summed E-state index contributed by atoms with van der Waals surface area (Å²) in [4.78, 5) is 13.6. The van der Waals surface area contributed by atoms with Gasteiger partial charge in [0.2, 0.25) is 0 Å². The van der Waals surface area contributed by atoms with Crippen LogP contribution in [0.5, 0.6) is 0 Å². The maximum atomic E-state index is 11.3. The molecule has 0 aliphatic carbocycles. The number of nitrogens with one attached hydrogen (secondary N) is 1. The number of carbonyl (C=O) groups is 1. The predicted octanol–water partition coefficient (Wildman–Crippen LogP) is 3.61. The van der Waals surface area contributed by atoms with Gasteiger partial charge in [-0.1, -0.05) is 51.1 Å². The van der Waals surface area contributed by atoms with E-state index in [1.54, 1.807) is 6.20 Å². The van der Waals surface area contributed by atoms with E-state index in [0.29, 0.717) is 0 Å². The molecule has 1 aliphatic rings. The molecule has 156 valence electrons. The Labute approximate surface area is 172 Å². The lowest BCUT2D eigenvalue weighted by molar-refractivity contribution is 0.0914. The molecule has 1 fully saturated rings. The van der Waals surface area contributed by atoms with Gasteiger partial charge in [-0.15, -0.1) is 5.10 Å². The molecule has 1 aromatic heterocycles. The van der Waals surface area contributed by atoms with E-state index in [1.807, 2.05) is 24.3 Å². The zero-order valence-corrected chi connectivity index (χ0v) is 17.5. The highest BCUT2D eigenvalue weighted by Crippen LogP contribution is 2.35. The van der Waals surface area contributed by atoms with Crippen molar-refractivity contribution in [3.63, 3.8) is 0 Å². The van der Waals surface area contributed by atoms with Crippen LogP contribution in [0.2, 0.25) is 0 Å². The molecule has 7 heteroatoms. The zero-order chi connectivity index (χ0) is 20.9. The summed E-state index contributed by atoms with van der Waals surface area (Å²) in [6.45, 7) is 8.12. The molecule has 7 nitrogen and oxygen atoms in total. The zero-order valence-electron chi connectivity index (χ0n) is 17.5. The van der Waals surface area contributed by atoms with Crippen LogP contribution < -0.4 is 16.0 Å². The van der Waals surface area contributed by atoms with Crippen LogP contribution in [0.4, 0.5) is 16.3 Å². The molecule has 3 N–H and O–H groups in total. The Kier molecular flexibility index (Phi) is 6.56. The van der Waals surface area contributed by atoms with E-state index < -0.39 is 6.09 Å². The number of primary amides is 1. The average Bonchev–Trinajstić information content (AvgIpc) is 3.03. The molecular formula is C22H31N5O2. The lowest BCUT2D eigenvalue weighted by Crippen LogP contribution is -2.41. The fourth-order valence-corrected chi connectivity index (χ4v) is 3.88. The SMILES string of the molecule is CC(C)(C)C[C@@H]1C(OC(N)=O)CCN1c1cnnc(NCCc2ccccc2)c1. The molecule has 1 aromatic carbocycles. The van der Waals surface area contributed by atoms with Crippen LogP contribution in [0.15, 0.2) is 42.6 Å². The summed E-state index contributed by atoms with van der Waals surface area (Å²) in [5, 5.41) is 11.8. The number of hydrogen-bond acceptors (Lipinski definition) is 6. The largest absolute Gasteiger partial charge is 0.444 e. The van der Waals surface area contributed by atoms with Gasteiger partial charge in [0.1, 0.15) is 6.10 Å². The van der Waals surface area contributed by atoms with Crippen molar-refractivity contribution >= 4 is 17.6 Å². The Hall–Kier alpha value is -2.83. The van der Waals surface area contributed by atoms with Crippen molar-refractivity contribution in [2.75, 3.05) is 23.3 Å². The Morgan fingerprint density at radius 3 is 2.76 bits per heavy atom. The first-order valence-electron chi connectivity index (χ1n) is 10.1.